The quantitative estimate of drug-likeness (QED) is 0.426. The second-order valence-corrected chi connectivity index (χ2v) is 5.95. The van der Waals surface area contributed by atoms with E-state index in [0.29, 0.717) is 17.0 Å². The molecule has 0 aliphatic rings. The van der Waals surface area contributed by atoms with Crippen LogP contribution < -0.4 is 11.1 Å². The number of nitrogens with one attached hydrogen (secondary N) is 1. The van der Waals surface area contributed by atoms with Crippen molar-refractivity contribution in [2.24, 2.45) is 0 Å². The van der Waals surface area contributed by atoms with Gasteiger partial charge in [-0.3, -0.25) is 4.79 Å². The number of Topliss-reactive ketones (excluding diaryl/α,β-unsaturated/α-hetero) is 1. The van der Waals surface area contributed by atoms with E-state index in [2.05, 4.69) is 12.2 Å². The molecule has 0 aromatic carbocycles. The van der Waals surface area contributed by atoms with Crippen molar-refractivity contribution < 1.29 is 4.79 Å². The molecule has 102 valence electrons. The molecule has 0 saturated heterocycles. The molecule has 0 radical (unpaired) electrons. The average molecular weight is 286 g/mol. The van der Waals surface area contributed by atoms with Gasteiger partial charge in [0.1, 0.15) is 5.00 Å². The number of hydrogen-bond donors (Lipinski definition) is 2. The molecule has 1 rings (SSSR count). The summed E-state index contributed by atoms with van der Waals surface area (Å²) in [6, 6.07) is 0. The normalized spacial score (nSPS) is 10.6. The Balaban J connectivity index is 2.80. The van der Waals surface area contributed by atoms with E-state index >= 15 is 0 Å². The van der Waals surface area contributed by atoms with Crippen molar-refractivity contribution in [1.29, 1.82) is 0 Å². The highest BCUT2D eigenvalue weighted by Gasteiger charge is 2.19. The smallest absolute Gasteiger partial charge is 0.174 e. The number of unbranched alkanes of at least 4 members (excludes halogenated alkanes) is 2. The number of hydrogen-bond acceptors (Lipinski definition) is 5. The molecular formula is C13H22N2OS2. The third-order valence-electron chi connectivity index (χ3n) is 2.74. The van der Waals surface area contributed by atoms with Gasteiger partial charge in [0, 0.05) is 13.0 Å². The third kappa shape index (κ3) is 3.65. The lowest BCUT2D eigenvalue weighted by molar-refractivity contribution is 0.0992. The minimum absolute atomic E-state index is 0.134. The zero-order valence-electron chi connectivity index (χ0n) is 11.3. The maximum atomic E-state index is 11.8. The van der Waals surface area contributed by atoms with Crippen molar-refractivity contribution in [2.75, 3.05) is 23.9 Å². The molecule has 1 aromatic heterocycles. The number of thiophene rings is 1. The summed E-state index contributed by atoms with van der Waals surface area (Å²) < 4.78 is 0. The molecule has 1 heterocycles. The van der Waals surface area contributed by atoms with Crippen LogP contribution in [0, 0.1) is 0 Å². The first-order chi connectivity index (χ1) is 8.65. The Bertz CT molecular complexity index is 402. The molecule has 0 aliphatic heterocycles. The highest BCUT2D eigenvalue weighted by atomic mass is 32.2. The van der Waals surface area contributed by atoms with Crippen molar-refractivity contribution >= 4 is 39.6 Å². The van der Waals surface area contributed by atoms with E-state index in [0.717, 1.165) is 22.9 Å². The van der Waals surface area contributed by atoms with E-state index in [1.54, 1.807) is 11.8 Å². The van der Waals surface area contributed by atoms with Gasteiger partial charge in [-0.25, -0.2) is 0 Å². The van der Waals surface area contributed by atoms with Crippen LogP contribution >= 0.6 is 23.1 Å². The molecule has 5 heteroatoms. The van der Waals surface area contributed by atoms with Crippen molar-refractivity contribution in [3.05, 3.63) is 4.88 Å². The molecule has 18 heavy (non-hydrogen) atoms. The van der Waals surface area contributed by atoms with Crippen molar-refractivity contribution in [3.63, 3.8) is 0 Å². The standard InChI is InChI=1S/C13H22N2OS2/c1-4-6-7-8-15-13-12(17-3)10(14)11(18-13)9(16)5-2/h15H,4-8,14H2,1-3H3. The van der Waals surface area contributed by atoms with E-state index in [-0.39, 0.29) is 5.78 Å². The molecular weight excluding hydrogens is 264 g/mol. The summed E-state index contributed by atoms with van der Waals surface area (Å²) >= 11 is 3.10. The Hall–Kier alpha value is -0.680. The summed E-state index contributed by atoms with van der Waals surface area (Å²) in [5.74, 6) is 0.134. The van der Waals surface area contributed by atoms with Gasteiger partial charge < -0.3 is 11.1 Å². The monoisotopic (exact) mass is 286 g/mol. The van der Waals surface area contributed by atoms with Crippen LogP contribution in [0.25, 0.3) is 0 Å². The molecule has 0 fully saturated rings. The molecule has 0 amide bonds. The first kappa shape index (κ1) is 15.4. The van der Waals surface area contributed by atoms with E-state index in [1.165, 1.54) is 24.2 Å². The number of thioether (sulfide) groups is 1. The van der Waals surface area contributed by atoms with Crippen LogP contribution in [0.2, 0.25) is 0 Å². The van der Waals surface area contributed by atoms with Gasteiger partial charge in [0.25, 0.3) is 0 Å². The van der Waals surface area contributed by atoms with Crippen LogP contribution in [-0.4, -0.2) is 18.6 Å². The molecule has 3 N–H and O–H groups in total. The van der Waals surface area contributed by atoms with Crippen molar-refractivity contribution in [3.8, 4) is 0 Å². The fourth-order valence-corrected chi connectivity index (χ4v) is 3.76. The number of nitrogen functional groups attached to an aromatic ring is 1. The highest BCUT2D eigenvalue weighted by Crippen LogP contribution is 2.42. The third-order valence-corrected chi connectivity index (χ3v) is 4.91. The second-order valence-electron chi connectivity index (χ2n) is 4.12. The molecule has 0 bridgehead atoms. The summed E-state index contributed by atoms with van der Waals surface area (Å²) in [5, 5.41) is 4.45. The first-order valence-electron chi connectivity index (χ1n) is 6.38. The second kappa shape index (κ2) is 7.69. The zero-order chi connectivity index (χ0) is 13.5. The van der Waals surface area contributed by atoms with Gasteiger partial charge >= 0.3 is 0 Å². The van der Waals surface area contributed by atoms with Gasteiger partial charge in [0.2, 0.25) is 0 Å². The molecule has 0 spiro atoms. The van der Waals surface area contributed by atoms with Crippen LogP contribution in [0.1, 0.15) is 49.2 Å². The topological polar surface area (TPSA) is 55.1 Å². The van der Waals surface area contributed by atoms with Crippen LogP contribution in [-0.2, 0) is 0 Å². The van der Waals surface area contributed by atoms with E-state index < -0.39 is 0 Å². The summed E-state index contributed by atoms with van der Waals surface area (Å²) in [5.41, 5.74) is 6.70. The number of rotatable bonds is 8. The Morgan fingerprint density at radius 1 is 1.39 bits per heavy atom. The summed E-state index contributed by atoms with van der Waals surface area (Å²) in [6.45, 7) is 5.00. The van der Waals surface area contributed by atoms with Crippen LogP contribution in [0.15, 0.2) is 4.90 Å². The van der Waals surface area contributed by atoms with Crippen LogP contribution in [0.5, 0.6) is 0 Å². The summed E-state index contributed by atoms with van der Waals surface area (Å²) in [7, 11) is 0. The van der Waals surface area contributed by atoms with Gasteiger partial charge in [-0.15, -0.1) is 23.1 Å². The predicted molar refractivity (Wildman–Crippen MR) is 83.1 cm³/mol. The maximum absolute atomic E-state index is 11.8. The number of ketones is 1. The van der Waals surface area contributed by atoms with Crippen LogP contribution in [0.4, 0.5) is 10.7 Å². The molecule has 0 saturated carbocycles. The molecule has 0 atom stereocenters. The molecule has 0 aliphatic carbocycles. The number of anilines is 2. The highest BCUT2D eigenvalue weighted by molar-refractivity contribution is 7.99. The minimum atomic E-state index is 0.134. The van der Waals surface area contributed by atoms with E-state index in [4.69, 9.17) is 5.73 Å². The van der Waals surface area contributed by atoms with E-state index in [1.807, 2.05) is 13.2 Å². The number of carbonyl (C=O) groups is 1. The van der Waals surface area contributed by atoms with Gasteiger partial charge in [0.05, 0.1) is 15.5 Å². The fraction of sp³-hybridized carbons (Fsp3) is 0.615. The lowest BCUT2D eigenvalue weighted by Gasteiger charge is -2.05. The van der Waals surface area contributed by atoms with Gasteiger partial charge in [-0.05, 0) is 12.7 Å². The summed E-state index contributed by atoms with van der Waals surface area (Å²) in [6.07, 6.45) is 6.09. The minimum Gasteiger partial charge on any atom is -0.396 e. The molecule has 0 unspecified atom stereocenters. The van der Waals surface area contributed by atoms with Gasteiger partial charge in [-0.2, -0.15) is 0 Å². The van der Waals surface area contributed by atoms with Crippen molar-refractivity contribution in [1.82, 2.24) is 0 Å². The summed E-state index contributed by atoms with van der Waals surface area (Å²) in [4.78, 5) is 13.5. The number of nitrogens with two attached hydrogens (primary N) is 1. The molecule has 1 aromatic rings. The van der Waals surface area contributed by atoms with Crippen LogP contribution in [0.3, 0.4) is 0 Å². The van der Waals surface area contributed by atoms with Gasteiger partial charge in [-0.1, -0.05) is 26.7 Å². The largest absolute Gasteiger partial charge is 0.396 e. The molecule has 3 nitrogen and oxygen atoms in total. The lowest BCUT2D eigenvalue weighted by Crippen LogP contribution is -2.00. The first-order valence-corrected chi connectivity index (χ1v) is 8.43. The lowest BCUT2D eigenvalue weighted by atomic mass is 10.2. The zero-order valence-corrected chi connectivity index (χ0v) is 13.0. The van der Waals surface area contributed by atoms with Gasteiger partial charge in [0.15, 0.2) is 5.78 Å². The Kier molecular flexibility index (Phi) is 6.57. The van der Waals surface area contributed by atoms with E-state index in [9.17, 15) is 4.79 Å². The average Bonchev–Trinajstić information content (AvgIpc) is 2.70. The number of carbonyl (C=O) groups excluding carboxylic acids is 1. The predicted octanol–water partition coefficient (Wildman–Crippen LogP) is 4.25. The Morgan fingerprint density at radius 2 is 2.11 bits per heavy atom. The fourth-order valence-electron chi connectivity index (χ4n) is 1.69. The SMILES string of the molecule is CCCCCNc1sc(C(=O)CC)c(N)c1SC. The Labute approximate surface area is 118 Å². The Morgan fingerprint density at radius 3 is 2.67 bits per heavy atom. The van der Waals surface area contributed by atoms with Crippen molar-refractivity contribution in [2.45, 2.75) is 44.4 Å². The maximum Gasteiger partial charge on any atom is 0.174 e.